The fourth-order valence-corrected chi connectivity index (χ4v) is 10.2. The number of primary amides is 1. The van der Waals surface area contributed by atoms with Crippen LogP contribution in [0.25, 0.3) is 11.1 Å². The molecule has 0 saturated heterocycles. The highest BCUT2D eigenvalue weighted by Gasteiger charge is 2.39. The van der Waals surface area contributed by atoms with Crippen LogP contribution in [0.3, 0.4) is 0 Å². The van der Waals surface area contributed by atoms with Crippen LogP contribution in [0.15, 0.2) is 60.8 Å². The van der Waals surface area contributed by atoms with Gasteiger partial charge in [0, 0.05) is 69.0 Å². The molecule has 0 bridgehead atoms. The molecule has 0 spiro atoms. The number of nitrogens with zero attached hydrogens (tertiary/aromatic N) is 2. The normalized spacial score (nSPS) is 12.6. The van der Waals surface area contributed by atoms with Gasteiger partial charge in [-0.1, -0.05) is 65.0 Å². The maximum atomic E-state index is 15.5. The van der Waals surface area contributed by atoms with Crippen LogP contribution in [0.1, 0.15) is 111 Å². The van der Waals surface area contributed by atoms with Gasteiger partial charge in [0.1, 0.15) is 42.4 Å². The van der Waals surface area contributed by atoms with E-state index in [1.165, 1.54) is 18.7 Å². The van der Waals surface area contributed by atoms with Crippen molar-refractivity contribution in [2.45, 2.75) is 130 Å². The van der Waals surface area contributed by atoms with Crippen LogP contribution >= 0.6 is 0 Å². The maximum absolute atomic E-state index is 15.5. The van der Waals surface area contributed by atoms with Crippen LogP contribution in [0.4, 0.5) is 8.78 Å². The lowest BCUT2D eigenvalue weighted by atomic mass is 9.82. The predicted octanol–water partition coefficient (Wildman–Crippen LogP) is 2.33. The number of ketones is 1. The number of hydrogen-bond acceptors (Lipinski definition) is 23. The SMILES string of the molecule is CC.COCCOCCOCCOCCOCCOCCOCCOCCOCCOCCOCCOCCC(=O)N[C@@H](C)C(=O)N[C@@H](C)C(=O)N[C@@H](CC(N)=O)C(=O)N[C@@H](CCN(C(=O)CO)[C@@H](c1cc(-c2cc(F)ccc2F)cn1Cc1ccccc1)C(C)(C)C)C(=O)NCCCC(=O)CNC(=O)CCC(=O)O. The smallest absolute Gasteiger partial charge is 0.303 e. The summed E-state index contributed by atoms with van der Waals surface area (Å²) in [5.41, 5.74) is 6.03. The average Bonchev–Trinajstić information content (AvgIpc) is 1.64. The van der Waals surface area contributed by atoms with E-state index in [1.807, 2.05) is 44.2 Å². The Morgan fingerprint density at radius 1 is 0.545 bits per heavy atom. The zero-order chi connectivity index (χ0) is 81.3. The Morgan fingerprint density at radius 3 is 1.49 bits per heavy atom. The molecule has 1 heterocycles. The minimum atomic E-state index is -1.78. The molecule has 0 aliphatic rings. The van der Waals surface area contributed by atoms with E-state index in [0.717, 1.165) is 23.8 Å². The molecule has 0 radical (unpaired) electrons. The summed E-state index contributed by atoms with van der Waals surface area (Å²) >= 11 is 0. The summed E-state index contributed by atoms with van der Waals surface area (Å²) in [4.78, 5) is 132. The predicted molar refractivity (Wildman–Crippen MR) is 398 cm³/mol. The second-order valence-electron chi connectivity index (χ2n) is 25.6. The van der Waals surface area contributed by atoms with Gasteiger partial charge in [0.05, 0.1) is 177 Å². The first-order valence-corrected chi connectivity index (χ1v) is 37.0. The van der Waals surface area contributed by atoms with Crippen molar-refractivity contribution in [3.8, 4) is 11.1 Å². The number of carboxylic acid groups (broad SMARTS) is 1. The lowest BCUT2D eigenvalue weighted by Gasteiger charge is -2.41. The fraction of sp³-hybridized carbons (Fsp3) is 0.653. The molecular weight excluding hydrogens is 1450 g/mol. The number of benzene rings is 2. The molecule has 0 aliphatic heterocycles. The summed E-state index contributed by atoms with van der Waals surface area (Å²) in [7, 11) is 1.62. The number of aliphatic hydroxyl groups excluding tert-OH is 1. The summed E-state index contributed by atoms with van der Waals surface area (Å²) < 4.78 is 97.0. The number of aromatic nitrogens is 1. The molecule has 110 heavy (non-hydrogen) atoms. The first-order chi connectivity index (χ1) is 52.8. The third kappa shape index (κ3) is 44.7. The van der Waals surface area contributed by atoms with Crippen LogP contribution in [0.5, 0.6) is 0 Å². The molecule has 10 N–H and O–H groups in total. The number of halogens is 2. The fourth-order valence-electron chi connectivity index (χ4n) is 10.2. The number of ether oxygens (including phenoxy) is 12. The quantitative estimate of drug-likeness (QED) is 0.0366. The molecule has 2 aromatic carbocycles. The van der Waals surface area contributed by atoms with Gasteiger partial charge in [-0.25, -0.2) is 8.78 Å². The molecule has 0 fully saturated rings. The van der Waals surface area contributed by atoms with E-state index in [2.05, 4.69) is 31.9 Å². The molecule has 0 aliphatic carbocycles. The Morgan fingerprint density at radius 2 is 1.02 bits per heavy atom. The third-order valence-corrected chi connectivity index (χ3v) is 15.7. The number of carbonyl (C=O) groups excluding carboxylic acids is 9. The molecule has 35 heteroatoms. The van der Waals surface area contributed by atoms with E-state index >= 15 is 4.39 Å². The van der Waals surface area contributed by atoms with Gasteiger partial charge in [0.25, 0.3) is 0 Å². The topological polar surface area (TPSA) is 428 Å². The van der Waals surface area contributed by atoms with Crippen LogP contribution in [0.2, 0.25) is 0 Å². The molecule has 3 aromatic rings. The maximum Gasteiger partial charge on any atom is 0.303 e. The summed E-state index contributed by atoms with van der Waals surface area (Å²) in [6, 6.07) is 6.76. The van der Waals surface area contributed by atoms with Crippen LogP contribution in [-0.2, 0) is 111 Å². The van der Waals surface area contributed by atoms with Crippen molar-refractivity contribution in [2.24, 2.45) is 11.1 Å². The summed E-state index contributed by atoms with van der Waals surface area (Å²) in [5, 5.41) is 34.3. The van der Waals surface area contributed by atoms with Gasteiger partial charge in [0.2, 0.25) is 47.3 Å². The lowest BCUT2D eigenvalue weighted by Crippen LogP contribution is -2.58. The number of methoxy groups -OCH3 is 1. The highest BCUT2D eigenvalue weighted by Crippen LogP contribution is 2.41. The van der Waals surface area contributed by atoms with Gasteiger partial charge in [0.15, 0.2) is 5.78 Å². The van der Waals surface area contributed by atoms with E-state index in [1.54, 1.807) is 44.7 Å². The number of hydrogen-bond donors (Lipinski definition) is 9. The zero-order valence-electron chi connectivity index (χ0n) is 65.0. The van der Waals surface area contributed by atoms with Gasteiger partial charge < -0.3 is 114 Å². The number of carboxylic acids is 1. The van der Waals surface area contributed by atoms with Crippen LogP contribution in [0, 0.1) is 17.0 Å². The lowest BCUT2D eigenvalue weighted by molar-refractivity contribution is -0.140. The standard InChI is InChI=1S/C73H113F2N9O24.C2H6/c1-52(79-65(89)19-22-98-25-26-100-29-30-102-33-34-104-37-38-106-41-42-108-44-43-107-40-39-105-36-35-103-32-31-101-28-27-99-24-23-97-6)69(93)80-53(2)70(94)82-61(47-63(76)87)72(96)81-60(71(95)77-20-10-13-57(86)48-78-64(88)16-17-67(91)92)18-21-84(66(90)51-85)68(73(3,4)5)62-45-55(58-46-56(74)14-15-59(58)75)50-83(62)49-54-11-8-7-9-12-54;1-2/h7-9,11-12,14-15,45-46,50,52-53,60-61,68,85H,10,13,16-44,47-49,51H2,1-6H3,(H2,76,87)(H,77,95)(H,78,88)(H,79,89)(H,80,93)(H,81,96)(H,82,94)(H,91,92);1-2H3/t52-,53-,60-,61-,68-;/m0./s1. The summed E-state index contributed by atoms with van der Waals surface area (Å²) in [5.74, 6) is -10.0. The van der Waals surface area contributed by atoms with Crippen molar-refractivity contribution in [1.82, 2.24) is 41.4 Å². The van der Waals surface area contributed by atoms with Gasteiger partial charge in [-0.2, -0.15) is 0 Å². The number of nitrogens with one attached hydrogen (secondary N) is 6. The molecule has 0 unspecified atom stereocenters. The van der Waals surface area contributed by atoms with E-state index < -0.39 is 139 Å². The second kappa shape index (κ2) is 59.7. The number of aliphatic carboxylic acids is 1. The number of nitrogens with two attached hydrogens (primary N) is 1. The largest absolute Gasteiger partial charge is 0.481 e. The van der Waals surface area contributed by atoms with Gasteiger partial charge in [-0.15, -0.1) is 0 Å². The average molecular weight is 1570 g/mol. The number of aliphatic hydroxyl groups is 1. The van der Waals surface area contributed by atoms with Gasteiger partial charge in [-0.3, -0.25) is 47.9 Å². The molecular formula is C75H119F2N9O24. The number of carbonyl (C=O) groups is 10. The monoisotopic (exact) mass is 1570 g/mol. The number of rotatable bonds is 64. The minimum absolute atomic E-state index is 0.0123. The molecule has 5 atom stereocenters. The molecule has 0 saturated carbocycles. The summed E-state index contributed by atoms with van der Waals surface area (Å²) in [6.07, 6.45) is -0.707. The Kier molecular flexibility index (Phi) is 53.2. The number of Topliss-reactive ketones (excluding diaryl/α,β-unsaturated/α-hetero) is 1. The minimum Gasteiger partial charge on any atom is -0.481 e. The van der Waals surface area contributed by atoms with Crippen molar-refractivity contribution in [1.29, 1.82) is 0 Å². The Bertz CT molecular complexity index is 3130. The number of amides is 8. The van der Waals surface area contributed by atoms with E-state index in [9.17, 15) is 57.4 Å². The van der Waals surface area contributed by atoms with E-state index in [0.29, 0.717) is 131 Å². The van der Waals surface area contributed by atoms with Crippen molar-refractivity contribution in [3.63, 3.8) is 0 Å². The Labute approximate surface area is 643 Å². The van der Waals surface area contributed by atoms with Crippen molar-refractivity contribution >= 4 is 59.0 Å². The molecule has 622 valence electrons. The zero-order valence-corrected chi connectivity index (χ0v) is 65.0. The molecule has 1 aromatic heterocycles. The molecule has 3 rings (SSSR count). The second-order valence-corrected chi connectivity index (χ2v) is 25.6. The van der Waals surface area contributed by atoms with E-state index in [-0.39, 0.29) is 82.9 Å². The highest BCUT2D eigenvalue weighted by atomic mass is 19.1. The van der Waals surface area contributed by atoms with Gasteiger partial charge in [-0.05, 0) is 61.9 Å². The first-order valence-electron chi connectivity index (χ1n) is 37.0. The van der Waals surface area contributed by atoms with Crippen molar-refractivity contribution in [2.75, 3.05) is 185 Å². The van der Waals surface area contributed by atoms with Gasteiger partial charge >= 0.3 is 5.97 Å². The first kappa shape index (κ1) is 98.0. The molecule has 8 amide bonds. The Balaban J connectivity index is 0.0000204. The van der Waals surface area contributed by atoms with E-state index in [4.69, 9.17) is 67.7 Å². The third-order valence-electron chi connectivity index (χ3n) is 15.7. The van der Waals surface area contributed by atoms with Crippen LogP contribution in [-0.4, -0.2) is 288 Å². The van der Waals surface area contributed by atoms with Crippen molar-refractivity contribution < 1.29 is 124 Å². The Hall–Kier alpha value is -8.04. The summed E-state index contributed by atoms with van der Waals surface area (Å²) in [6.45, 7) is 19.2. The molecule has 33 nitrogen and oxygen atoms in total. The van der Waals surface area contributed by atoms with Crippen molar-refractivity contribution in [3.05, 3.63) is 83.7 Å². The highest BCUT2D eigenvalue weighted by molar-refractivity contribution is 5.97. The van der Waals surface area contributed by atoms with Crippen LogP contribution < -0.4 is 37.6 Å².